The number of thioether (sulfide) groups is 1. The number of nitrogens with zero attached hydrogens (tertiary/aromatic N) is 3. The molecular weight excluding hydrogens is 469 g/mol. The number of hydrogen-bond acceptors (Lipinski definition) is 5. The van der Waals surface area contributed by atoms with Crippen LogP contribution in [0.15, 0.2) is 60.3 Å². The van der Waals surface area contributed by atoms with E-state index in [9.17, 15) is 9.59 Å². The second-order valence-corrected chi connectivity index (χ2v) is 8.61. The van der Waals surface area contributed by atoms with Crippen LogP contribution in [0, 0.1) is 6.92 Å². The summed E-state index contributed by atoms with van der Waals surface area (Å²) in [6.45, 7) is 6.28. The Kier molecular flexibility index (Phi) is 8.33. The highest BCUT2D eigenvalue weighted by atomic mass is 35.5. The van der Waals surface area contributed by atoms with Crippen LogP contribution >= 0.6 is 35.0 Å². The van der Waals surface area contributed by atoms with E-state index in [2.05, 4.69) is 27.4 Å². The van der Waals surface area contributed by atoms with Crippen molar-refractivity contribution in [1.82, 2.24) is 20.1 Å². The van der Waals surface area contributed by atoms with Gasteiger partial charge in [-0.1, -0.05) is 59.2 Å². The van der Waals surface area contributed by atoms with Gasteiger partial charge in [-0.25, -0.2) is 0 Å². The van der Waals surface area contributed by atoms with Gasteiger partial charge in [-0.15, -0.1) is 16.8 Å². The summed E-state index contributed by atoms with van der Waals surface area (Å²) < 4.78 is 1.80. The third kappa shape index (κ3) is 6.35. The average Bonchev–Trinajstić information content (AvgIpc) is 3.12. The molecule has 0 unspecified atom stereocenters. The van der Waals surface area contributed by atoms with Crippen molar-refractivity contribution in [3.05, 3.63) is 82.1 Å². The number of aromatic nitrogens is 3. The van der Waals surface area contributed by atoms with Crippen LogP contribution < -0.4 is 10.6 Å². The highest BCUT2D eigenvalue weighted by Crippen LogP contribution is 2.23. The highest BCUT2D eigenvalue weighted by molar-refractivity contribution is 7.99. The lowest BCUT2D eigenvalue weighted by molar-refractivity contribution is -0.113. The minimum atomic E-state index is -0.240. The molecule has 166 valence electrons. The van der Waals surface area contributed by atoms with E-state index in [-0.39, 0.29) is 24.1 Å². The number of benzene rings is 2. The summed E-state index contributed by atoms with van der Waals surface area (Å²) in [7, 11) is 0. The van der Waals surface area contributed by atoms with Crippen LogP contribution in [0.4, 0.5) is 5.69 Å². The zero-order valence-electron chi connectivity index (χ0n) is 17.3. The summed E-state index contributed by atoms with van der Waals surface area (Å²) in [5.74, 6) is 0.242. The number of allylic oxidation sites excluding steroid dienone is 1. The Labute approximate surface area is 200 Å². The lowest BCUT2D eigenvalue weighted by atomic mass is 10.1. The van der Waals surface area contributed by atoms with Gasteiger partial charge in [0.05, 0.1) is 12.3 Å². The number of nitrogens with one attached hydrogen (secondary N) is 2. The summed E-state index contributed by atoms with van der Waals surface area (Å²) in [4.78, 5) is 24.8. The predicted molar refractivity (Wildman–Crippen MR) is 128 cm³/mol. The van der Waals surface area contributed by atoms with Crippen molar-refractivity contribution in [2.75, 3.05) is 11.1 Å². The number of carbonyl (C=O) groups excluding carboxylic acids is 2. The largest absolute Gasteiger partial charge is 0.345 e. The minimum absolute atomic E-state index is 0.106. The number of amides is 2. The van der Waals surface area contributed by atoms with Crippen molar-refractivity contribution in [2.24, 2.45) is 0 Å². The lowest BCUT2D eigenvalue weighted by Gasteiger charge is -2.10. The molecule has 0 fully saturated rings. The number of rotatable bonds is 9. The molecule has 0 atom stereocenters. The van der Waals surface area contributed by atoms with E-state index in [1.807, 2.05) is 25.1 Å². The molecule has 0 aliphatic heterocycles. The molecule has 3 aromatic rings. The molecule has 1 heterocycles. The van der Waals surface area contributed by atoms with Gasteiger partial charge in [0.25, 0.3) is 5.91 Å². The lowest BCUT2D eigenvalue weighted by Crippen LogP contribution is -2.25. The molecule has 7 nitrogen and oxygen atoms in total. The van der Waals surface area contributed by atoms with Crippen LogP contribution in [0.3, 0.4) is 0 Å². The molecule has 1 aromatic heterocycles. The van der Waals surface area contributed by atoms with E-state index in [4.69, 9.17) is 23.2 Å². The topological polar surface area (TPSA) is 88.9 Å². The van der Waals surface area contributed by atoms with Crippen molar-refractivity contribution >= 4 is 52.5 Å². The van der Waals surface area contributed by atoms with Crippen LogP contribution in [0.1, 0.15) is 21.7 Å². The summed E-state index contributed by atoms with van der Waals surface area (Å²) >= 11 is 13.2. The number of halogens is 2. The van der Waals surface area contributed by atoms with Gasteiger partial charge in [-0.3, -0.25) is 9.59 Å². The quantitative estimate of drug-likeness (QED) is 0.334. The maximum atomic E-state index is 12.5. The molecule has 0 bridgehead atoms. The Morgan fingerprint density at radius 3 is 2.56 bits per heavy atom. The summed E-state index contributed by atoms with van der Waals surface area (Å²) in [5.41, 5.74) is 2.01. The van der Waals surface area contributed by atoms with E-state index in [1.54, 1.807) is 34.9 Å². The highest BCUT2D eigenvalue weighted by Gasteiger charge is 2.15. The molecule has 2 aromatic carbocycles. The number of hydrogen-bond donors (Lipinski definition) is 2. The van der Waals surface area contributed by atoms with E-state index >= 15 is 0 Å². The third-order valence-electron chi connectivity index (χ3n) is 4.38. The zero-order chi connectivity index (χ0) is 23.1. The van der Waals surface area contributed by atoms with Gasteiger partial charge in [0.15, 0.2) is 11.0 Å². The molecule has 0 spiro atoms. The minimum Gasteiger partial charge on any atom is -0.345 e. The van der Waals surface area contributed by atoms with Crippen LogP contribution in [0.5, 0.6) is 0 Å². The summed E-state index contributed by atoms with van der Waals surface area (Å²) in [6.07, 6.45) is 1.70. The molecule has 0 aliphatic rings. The predicted octanol–water partition coefficient (Wildman–Crippen LogP) is 4.74. The van der Waals surface area contributed by atoms with E-state index in [1.165, 1.54) is 11.8 Å². The third-order valence-corrected chi connectivity index (χ3v) is 5.78. The van der Waals surface area contributed by atoms with Crippen LogP contribution in [-0.4, -0.2) is 32.3 Å². The van der Waals surface area contributed by atoms with E-state index in [0.29, 0.717) is 38.8 Å². The van der Waals surface area contributed by atoms with Gasteiger partial charge in [0.2, 0.25) is 5.91 Å². The van der Waals surface area contributed by atoms with Crippen molar-refractivity contribution in [3.8, 4) is 0 Å². The van der Waals surface area contributed by atoms with Crippen LogP contribution in [-0.2, 0) is 17.9 Å². The fourth-order valence-corrected chi connectivity index (χ4v) is 4.20. The van der Waals surface area contributed by atoms with E-state index in [0.717, 1.165) is 5.56 Å². The van der Waals surface area contributed by atoms with Gasteiger partial charge in [-0.2, -0.15) is 0 Å². The molecule has 3 rings (SSSR count). The van der Waals surface area contributed by atoms with Gasteiger partial charge < -0.3 is 15.2 Å². The Morgan fingerprint density at radius 1 is 1.16 bits per heavy atom. The maximum absolute atomic E-state index is 12.5. The van der Waals surface area contributed by atoms with Crippen molar-refractivity contribution in [2.45, 2.75) is 25.2 Å². The molecule has 0 aliphatic carbocycles. The first-order valence-corrected chi connectivity index (χ1v) is 11.4. The first-order chi connectivity index (χ1) is 15.4. The number of anilines is 1. The number of aryl methyl sites for hydroxylation is 1. The normalized spacial score (nSPS) is 10.6. The molecule has 0 saturated carbocycles. The molecule has 2 N–H and O–H groups in total. The van der Waals surface area contributed by atoms with Crippen LogP contribution in [0.25, 0.3) is 0 Å². The molecule has 0 radical (unpaired) electrons. The fraction of sp³-hybridized carbons (Fsp3) is 0.182. The molecule has 10 heteroatoms. The Balaban J connectivity index is 1.62. The first kappa shape index (κ1) is 23.8. The van der Waals surface area contributed by atoms with Crippen LogP contribution in [0.2, 0.25) is 10.0 Å². The molecular formula is C22H21Cl2N5O2S. The SMILES string of the molecule is C=CCn1c(CNC(=O)c2ccccc2C)nnc1SCC(=O)Nc1cc(Cl)cc(Cl)c1. The summed E-state index contributed by atoms with van der Waals surface area (Å²) in [6, 6.07) is 12.2. The second kappa shape index (κ2) is 11.2. The Hall–Kier alpha value is -2.81. The maximum Gasteiger partial charge on any atom is 0.251 e. The number of carbonyl (C=O) groups is 2. The Bertz CT molecular complexity index is 1130. The average molecular weight is 490 g/mol. The van der Waals surface area contributed by atoms with Gasteiger partial charge in [0, 0.05) is 27.8 Å². The summed E-state index contributed by atoms with van der Waals surface area (Å²) in [5, 5.41) is 15.4. The van der Waals surface area contributed by atoms with Gasteiger partial charge >= 0.3 is 0 Å². The van der Waals surface area contributed by atoms with Crippen molar-refractivity contribution < 1.29 is 9.59 Å². The van der Waals surface area contributed by atoms with Gasteiger partial charge in [-0.05, 0) is 36.8 Å². The van der Waals surface area contributed by atoms with Crippen molar-refractivity contribution in [3.63, 3.8) is 0 Å². The smallest absolute Gasteiger partial charge is 0.251 e. The fourth-order valence-electron chi connectivity index (χ4n) is 2.90. The molecule has 0 saturated heterocycles. The molecule has 32 heavy (non-hydrogen) atoms. The second-order valence-electron chi connectivity index (χ2n) is 6.79. The Morgan fingerprint density at radius 2 is 1.88 bits per heavy atom. The van der Waals surface area contributed by atoms with E-state index < -0.39 is 0 Å². The zero-order valence-corrected chi connectivity index (χ0v) is 19.6. The monoisotopic (exact) mass is 489 g/mol. The first-order valence-electron chi connectivity index (χ1n) is 9.63. The van der Waals surface area contributed by atoms with Crippen molar-refractivity contribution in [1.29, 1.82) is 0 Å². The van der Waals surface area contributed by atoms with Gasteiger partial charge in [0.1, 0.15) is 0 Å². The standard InChI is InChI=1S/C22H21Cl2N5O2S/c1-3-8-29-19(12-25-21(31)18-7-5-4-6-14(18)2)27-28-22(29)32-13-20(30)26-17-10-15(23)9-16(24)11-17/h3-7,9-11H,1,8,12-13H2,2H3,(H,25,31)(H,26,30). The molecule has 2 amide bonds.